The van der Waals surface area contributed by atoms with Gasteiger partial charge in [0.2, 0.25) is 0 Å². The highest BCUT2D eigenvalue weighted by atomic mass is 79.9. The van der Waals surface area contributed by atoms with Crippen molar-refractivity contribution in [3.63, 3.8) is 0 Å². The van der Waals surface area contributed by atoms with Gasteiger partial charge in [0.05, 0.1) is 0 Å². The lowest BCUT2D eigenvalue weighted by Gasteiger charge is -2.08. The van der Waals surface area contributed by atoms with Gasteiger partial charge in [0.25, 0.3) is 0 Å². The molecule has 0 saturated heterocycles. The summed E-state index contributed by atoms with van der Waals surface area (Å²) in [6.07, 6.45) is 0. The van der Waals surface area contributed by atoms with E-state index >= 15 is 0 Å². The number of anilines is 1. The predicted molar refractivity (Wildman–Crippen MR) is 79.5 cm³/mol. The Labute approximate surface area is 120 Å². The highest BCUT2D eigenvalue weighted by Crippen LogP contribution is 2.32. The summed E-state index contributed by atoms with van der Waals surface area (Å²) in [7, 11) is 0. The summed E-state index contributed by atoms with van der Waals surface area (Å²) in [4.78, 5) is 4.53. The van der Waals surface area contributed by atoms with Crippen molar-refractivity contribution in [2.24, 2.45) is 0 Å². The fourth-order valence-electron chi connectivity index (χ4n) is 2.13. The van der Waals surface area contributed by atoms with Crippen molar-refractivity contribution in [1.82, 2.24) is 9.55 Å². The van der Waals surface area contributed by atoms with Crippen LogP contribution < -0.4 is 5.73 Å². The van der Waals surface area contributed by atoms with Crippen LogP contribution in [0, 0.1) is 5.82 Å². The van der Waals surface area contributed by atoms with E-state index in [1.165, 1.54) is 6.07 Å². The second-order valence-electron chi connectivity index (χ2n) is 4.73. The van der Waals surface area contributed by atoms with E-state index in [-0.39, 0.29) is 11.7 Å². The molecule has 0 amide bonds. The Morgan fingerprint density at radius 3 is 2.63 bits per heavy atom. The molecule has 102 valence electrons. The van der Waals surface area contributed by atoms with Crippen molar-refractivity contribution in [2.75, 3.05) is 5.73 Å². The molecule has 0 unspecified atom stereocenters. The van der Waals surface area contributed by atoms with E-state index in [9.17, 15) is 4.39 Å². The molecule has 5 heteroatoms. The van der Waals surface area contributed by atoms with Gasteiger partial charge >= 0.3 is 0 Å². The minimum atomic E-state index is -0.314. The van der Waals surface area contributed by atoms with Gasteiger partial charge in [-0.15, -0.1) is 0 Å². The van der Waals surface area contributed by atoms with Crippen LogP contribution in [-0.4, -0.2) is 9.55 Å². The number of nitrogens with zero attached hydrogens (tertiary/aromatic N) is 2. The fraction of sp³-hybridized carbons (Fsp3) is 0.357. The smallest absolute Gasteiger partial charge is 0.132 e. The first kappa shape index (κ1) is 14.1. The largest absolute Gasteiger partial charge is 0.383 e. The van der Waals surface area contributed by atoms with Gasteiger partial charge in [0.1, 0.15) is 23.2 Å². The molecule has 19 heavy (non-hydrogen) atoms. The molecule has 2 aromatic rings. The zero-order valence-corrected chi connectivity index (χ0v) is 12.8. The highest BCUT2D eigenvalue weighted by Gasteiger charge is 2.19. The maximum absolute atomic E-state index is 14.0. The summed E-state index contributed by atoms with van der Waals surface area (Å²) in [5, 5.41) is 0. The van der Waals surface area contributed by atoms with E-state index in [1.807, 2.05) is 11.5 Å². The summed E-state index contributed by atoms with van der Waals surface area (Å²) in [6, 6.07) is 4.78. The third-order valence-electron chi connectivity index (χ3n) is 3.05. The summed E-state index contributed by atoms with van der Waals surface area (Å²) in [6.45, 7) is 6.83. The average Bonchev–Trinajstić information content (AvgIpc) is 2.69. The van der Waals surface area contributed by atoms with Gasteiger partial charge in [0, 0.05) is 22.5 Å². The molecule has 2 rings (SSSR count). The lowest BCUT2D eigenvalue weighted by molar-refractivity contribution is 0.630. The van der Waals surface area contributed by atoms with E-state index < -0.39 is 0 Å². The van der Waals surface area contributed by atoms with Gasteiger partial charge < -0.3 is 10.3 Å². The lowest BCUT2D eigenvalue weighted by Crippen LogP contribution is -2.06. The Balaban J connectivity index is 2.66. The molecule has 0 fully saturated rings. The first-order chi connectivity index (χ1) is 8.95. The quantitative estimate of drug-likeness (QED) is 0.920. The molecule has 0 radical (unpaired) electrons. The Bertz CT molecular complexity index is 605. The third kappa shape index (κ3) is 2.52. The van der Waals surface area contributed by atoms with Crippen molar-refractivity contribution in [3.05, 3.63) is 34.3 Å². The highest BCUT2D eigenvalue weighted by molar-refractivity contribution is 9.10. The summed E-state index contributed by atoms with van der Waals surface area (Å²) in [5.41, 5.74) is 7.07. The second kappa shape index (κ2) is 5.33. The first-order valence-electron chi connectivity index (χ1n) is 6.27. The van der Waals surface area contributed by atoms with Crippen LogP contribution in [0.1, 0.15) is 32.5 Å². The number of rotatable bonds is 3. The van der Waals surface area contributed by atoms with Crippen LogP contribution in [0.5, 0.6) is 0 Å². The average molecular weight is 326 g/mol. The van der Waals surface area contributed by atoms with Gasteiger partial charge in [-0.05, 0) is 25.1 Å². The van der Waals surface area contributed by atoms with E-state index in [2.05, 4.69) is 34.8 Å². The Morgan fingerprint density at radius 1 is 1.42 bits per heavy atom. The molecule has 1 aromatic carbocycles. The second-order valence-corrected chi connectivity index (χ2v) is 5.64. The number of nitrogen functional groups attached to an aromatic ring is 1. The minimum Gasteiger partial charge on any atom is -0.383 e. The molecule has 0 saturated carbocycles. The number of imidazole rings is 1. The molecule has 1 aromatic heterocycles. The van der Waals surface area contributed by atoms with Crippen molar-refractivity contribution in [3.8, 4) is 11.3 Å². The van der Waals surface area contributed by atoms with Gasteiger partial charge in [0.15, 0.2) is 0 Å². The maximum atomic E-state index is 14.0. The summed E-state index contributed by atoms with van der Waals surface area (Å²) < 4.78 is 16.7. The molecular formula is C14H17BrFN3. The minimum absolute atomic E-state index is 0.242. The van der Waals surface area contributed by atoms with Crippen molar-refractivity contribution >= 4 is 21.7 Å². The van der Waals surface area contributed by atoms with E-state index in [0.29, 0.717) is 17.1 Å². The third-order valence-corrected chi connectivity index (χ3v) is 3.55. The molecular weight excluding hydrogens is 309 g/mol. The normalized spacial score (nSPS) is 11.3. The molecule has 3 nitrogen and oxygen atoms in total. The van der Waals surface area contributed by atoms with Gasteiger partial charge in [-0.1, -0.05) is 29.8 Å². The van der Waals surface area contributed by atoms with Gasteiger partial charge in [-0.25, -0.2) is 9.37 Å². The Hall–Kier alpha value is -1.36. The monoisotopic (exact) mass is 325 g/mol. The molecule has 1 heterocycles. The number of halogens is 2. The van der Waals surface area contributed by atoms with Crippen molar-refractivity contribution < 1.29 is 4.39 Å². The Morgan fingerprint density at radius 2 is 2.11 bits per heavy atom. The van der Waals surface area contributed by atoms with Crippen LogP contribution >= 0.6 is 15.9 Å². The molecule has 0 spiro atoms. The van der Waals surface area contributed by atoms with Crippen LogP contribution in [0.4, 0.5) is 10.2 Å². The zero-order valence-electron chi connectivity index (χ0n) is 11.2. The molecule has 0 aliphatic carbocycles. The van der Waals surface area contributed by atoms with Crippen LogP contribution in [0.3, 0.4) is 0 Å². The fourth-order valence-corrected chi connectivity index (χ4v) is 2.49. The van der Waals surface area contributed by atoms with Crippen molar-refractivity contribution in [2.45, 2.75) is 33.2 Å². The lowest BCUT2D eigenvalue weighted by atomic mass is 10.1. The van der Waals surface area contributed by atoms with E-state index in [1.54, 1.807) is 12.1 Å². The topological polar surface area (TPSA) is 43.8 Å². The molecule has 2 N–H and O–H groups in total. The van der Waals surface area contributed by atoms with Gasteiger partial charge in [-0.3, -0.25) is 0 Å². The Kier molecular flexibility index (Phi) is 3.94. The molecule has 0 atom stereocenters. The maximum Gasteiger partial charge on any atom is 0.132 e. The standard InChI is InChI=1S/C14H17BrFN3/c1-4-19-13(17)12(18-14(19)8(2)3)10-7-9(15)5-6-11(10)16/h5-8H,4,17H2,1-3H3. The molecule has 0 aliphatic heterocycles. The predicted octanol–water partition coefficient (Wildman–Crippen LogP) is 4.18. The van der Waals surface area contributed by atoms with Crippen LogP contribution in [0.25, 0.3) is 11.3 Å². The summed E-state index contributed by atoms with van der Waals surface area (Å²) in [5.74, 6) is 1.33. The zero-order chi connectivity index (χ0) is 14.2. The van der Waals surface area contributed by atoms with Crippen LogP contribution in [-0.2, 0) is 6.54 Å². The summed E-state index contributed by atoms with van der Waals surface area (Å²) >= 11 is 3.35. The van der Waals surface area contributed by atoms with E-state index in [0.717, 1.165) is 16.8 Å². The number of nitrogens with two attached hydrogens (primary N) is 1. The number of hydrogen-bond donors (Lipinski definition) is 1. The SMILES string of the molecule is CCn1c(C(C)C)nc(-c2cc(Br)ccc2F)c1N. The number of hydrogen-bond acceptors (Lipinski definition) is 2. The number of benzene rings is 1. The first-order valence-corrected chi connectivity index (χ1v) is 7.06. The number of aromatic nitrogens is 2. The van der Waals surface area contributed by atoms with Crippen LogP contribution in [0.2, 0.25) is 0 Å². The van der Waals surface area contributed by atoms with Crippen molar-refractivity contribution in [1.29, 1.82) is 0 Å². The van der Waals surface area contributed by atoms with Crippen LogP contribution in [0.15, 0.2) is 22.7 Å². The molecule has 0 aliphatic rings. The molecule has 0 bridgehead atoms. The van der Waals surface area contributed by atoms with Gasteiger partial charge in [-0.2, -0.15) is 0 Å². The van der Waals surface area contributed by atoms with E-state index in [4.69, 9.17) is 5.73 Å².